The van der Waals surface area contributed by atoms with Crippen LogP contribution in [-0.2, 0) is 9.53 Å². The number of rotatable bonds is 8. The van der Waals surface area contributed by atoms with Gasteiger partial charge in [0.05, 0.1) is 6.61 Å². The second-order valence-corrected chi connectivity index (χ2v) is 5.32. The summed E-state index contributed by atoms with van der Waals surface area (Å²) in [7, 11) is 0. The third kappa shape index (κ3) is 20.1. The highest BCUT2D eigenvalue weighted by atomic mass is 16.5. The van der Waals surface area contributed by atoms with E-state index in [4.69, 9.17) is 5.11 Å². The third-order valence-electron chi connectivity index (χ3n) is 2.79. The number of allylic oxidation sites excluding steroid dienone is 8. The van der Waals surface area contributed by atoms with Crippen molar-refractivity contribution in [3.05, 3.63) is 59.8 Å². The fourth-order valence-corrected chi connectivity index (χ4v) is 1.34. The van der Waals surface area contributed by atoms with Gasteiger partial charge in [-0.2, -0.15) is 0 Å². The van der Waals surface area contributed by atoms with Crippen molar-refractivity contribution in [1.82, 2.24) is 0 Å². The molecule has 0 aromatic carbocycles. The topological polar surface area (TPSA) is 46.5 Å². The molecule has 0 bridgehead atoms. The Hall–Kier alpha value is -1.87. The van der Waals surface area contributed by atoms with Crippen molar-refractivity contribution in [2.45, 2.75) is 47.5 Å². The summed E-state index contributed by atoms with van der Waals surface area (Å²) in [5.41, 5.74) is 4.15. The van der Waals surface area contributed by atoms with Gasteiger partial charge in [0.25, 0.3) is 0 Å². The zero-order valence-electron chi connectivity index (χ0n) is 15.3. The second kappa shape index (κ2) is 16.5. The number of hydrogen-bond donors (Lipinski definition) is 1. The molecule has 3 heteroatoms. The van der Waals surface area contributed by atoms with Crippen molar-refractivity contribution in [3.8, 4) is 0 Å². The molecule has 0 saturated heterocycles. The zero-order valence-corrected chi connectivity index (χ0v) is 15.3. The van der Waals surface area contributed by atoms with Crippen LogP contribution in [0.4, 0.5) is 0 Å². The van der Waals surface area contributed by atoms with E-state index in [1.54, 1.807) is 0 Å². The molecule has 0 aromatic heterocycles. The van der Waals surface area contributed by atoms with Gasteiger partial charge >= 0.3 is 5.97 Å². The predicted molar refractivity (Wildman–Crippen MR) is 99.2 cm³/mol. The maximum atomic E-state index is 10.1. The van der Waals surface area contributed by atoms with Gasteiger partial charge in [-0.15, -0.1) is 0 Å². The van der Waals surface area contributed by atoms with Gasteiger partial charge in [-0.3, -0.25) is 0 Å². The van der Waals surface area contributed by atoms with Crippen LogP contribution in [0.3, 0.4) is 0 Å². The Balaban J connectivity index is 0. The standard InChI is InChI=1S/C15H24.C5H8O3/c1-6-14(4)10-8-12-15(5)11-7-9-13(2)3;1-2-5(7)8-4-3-6/h6,8-10,12H,7,11H2,1-5H3;2,6H,1,3-4H2. The Morgan fingerprint density at radius 1 is 1.22 bits per heavy atom. The van der Waals surface area contributed by atoms with Gasteiger partial charge in [0.2, 0.25) is 0 Å². The summed E-state index contributed by atoms with van der Waals surface area (Å²) in [4.78, 5) is 10.1. The summed E-state index contributed by atoms with van der Waals surface area (Å²) in [5, 5.41) is 8.10. The molecular weight excluding hydrogens is 288 g/mol. The van der Waals surface area contributed by atoms with E-state index in [0.29, 0.717) is 0 Å². The minimum atomic E-state index is -0.501. The summed E-state index contributed by atoms with van der Waals surface area (Å²) < 4.78 is 4.33. The van der Waals surface area contributed by atoms with Crippen LogP contribution in [-0.4, -0.2) is 24.3 Å². The molecule has 0 aromatic rings. The molecule has 0 aliphatic rings. The molecule has 0 saturated carbocycles. The lowest BCUT2D eigenvalue weighted by Gasteiger charge is -1.96. The normalized spacial score (nSPS) is 11.6. The summed E-state index contributed by atoms with van der Waals surface area (Å²) in [6, 6.07) is 0. The van der Waals surface area contributed by atoms with Crippen LogP contribution < -0.4 is 0 Å². The first kappa shape index (κ1) is 23.4. The molecule has 3 nitrogen and oxygen atoms in total. The Morgan fingerprint density at radius 2 is 1.87 bits per heavy atom. The van der Waals surface area contributed by atoms with E-state index in [1.165, 1.54) is 16.7 Å². The largest absolute Gasteiger partial charge is 0.460 e. The maximum absolute atomic E-state index is 10.1. The number of carbonyl (C=O) groups excluding carboxylic acids is 1. The van der Waals surface area contributed by atoms with E-state index in [2.05, 4.69) is 76.3 Å². The molecule has 0 fully saturated rings. The van der Waals surface area contributed by atoms with Gasteiger partial charge in [-0.1, -0.05) is 53.7 Å². The molecule has 0 radical (unpaired) electrons. The van der Waals surface area contributed by atoms with Crippen molar-refractivity contribution in [3.63, 3.8) is 0 Å². The fraction of sp³-hybridized carbons (Fsp3) is 0.450. The summed E-state index contributed by atoms with van der Waals surface area (Å²) >= 11 is 0. The van der Waals surface area contributed by atoms with E-state index in [-0.39, 0.29) is 13.2 Å². The Bertz CT molecular complexity index is 448. The van der Waals surface area contributed by atoms with Gasteiger partial charge in [-0.25, -0.2) is 4.79 Å². The lowest BCUT2D eigenvalue weighted by molar-refractivity contribution is -0.138. The first-order chi connectivity index (χ1) is 10.9. The minimum Gasteiger partial charge on any atom is -0.460 e. The van der Waals surface area contributed by atoms with Crippen LogP contribution in [0.5, 0.6) is 0 Å². The number of aliphatic hydroxyl groups excluding tert-OH is 1. The highest BCUT2D eigenvalue weighted by molar-refractivity contribution is 5.81. The molecule has 0 amide bonds. The maximum Gasteiger partial charge on any atom is 0.330 e. The van der Waals surface area contributed by atoms with Crippen molar-refractivity contribution in [2.75, 3.05) is 13.2 Å². The van der Waals surface area contributed by atoms with Gasteiger partial charge in [0, 0.05) is 6.08 Å². The van der Waals surface area contributed by atoms with Crippen LogP contribution in [0.25, 0.3) is 0 Å². The smallest absolute Gasteiger partial charge is 0.330 e. The molecule has 0 aliphatic heterocycles. The van der Waals surface area contributed by atoms with Crippen molar-refractivity contribution in [2.24, 2.45) is 0 Å². The van der Waals surface area contributed by atoms with Crippen molar-refractivity contribution < 1.29 is 14.6 Å². The number of hydrogen-bond acceptors (Lipinski definition) is 3. The molecule has 23 heavy (non-hydrogen) atoms. The van der Waals surface area contributed by atoms with E-state index in [1.807, 2.05) is 0 Å². The minimum absolute atomic E-state index is 0.0465. The van der Waals surface area contributed by atoms with Crippen molar-refractivity contribution in [1.29, 1.82) is 0 Å². The van der Waals surface area contributed by atoms with Gasteiger partial charge in [0.15, 0.2) is 0 Å². The van der Waals surface area contributed by atoms with E-state index in [0.717, 1.165) is 18.9 Å². The average Bonchev–Trinajstić information content (AvgIpc) is 2.52. The highest BCUT2D eigenvalue weighted by Gasteiger charge is 1.90. The summed E-state index contributed by atoms with van der Waals surface area (Å²) in [5.74, 6) is -0.501. The molecule has 0 atom stereocenters. The van der Waals surface area contributed by atoms with Gasteiger partial charge in [0.1, 0.15) is 6.61 Å². The lowest BCUT2D eigenvalue weighted by atomic mass is 10.1. The molecular formula is C20H32O3. The third-order valence-corrected chi connectivity index (χ3v) is 2.79. The fourth-order valence-electron chi connectivity index (χ4n) is 1.34. The van der Waals surface area contributed by atoms with Crippen LogP contribution in [0.15, 0.2) is 59.8 Å². The monoisotopic (exact) mass is 320 g/mol. The number of carbonyl (C=O) groups is 1. The zero-order chi connectivity index (χ0) is 18.1. The van der Waals surface area contributed by atoms with Gasteiger partial charge < -0.3 is 9.84 Å². The summed E-state index contributed by atoms with van der Waals surface area (Å²) in [6.45, 7) is 13.7. The number of ether oxygens (including phenoxy) is 1. The number of esters is 1. The van der Waals surface area contributed by atoms with Crippen LogP contribution in [0.2, 0.25) is 0 Å². The van der Waals surface area contributed by atoms with Gasteiger partial charge in [-0.05, 0) is 47.5 Å². The molecule has 0 spiro atoms. The quantitative estimate of drug-likeness (QED) is 0.299. The molecule has 0 rings (SSSR count). The Morgan fingerprint density at radius 3 is 2.35 bits per heavy atom. The first-order valence-electron chi connectivity index (χ1n) is 7.87. The van der Waals surface area contributed by atoms with Crippen molar-refractivity contribution >= 4 is 5.97 Å². The Labute approximate surface area is 141 Å². The van der Waals surface area contributed by atoms with E-state index >= 15 is 0 Å². The SMILES string of the molecule is C=CC(=O)OCCO.CC=C(C)C=CC=C(C)CCC=C(C)C. The first-order valence-corrected chi connectivity index (χ1v) is 7.87. The lowest BCUT2D eigenvalue weighted by Crippen LogP contribution is -2.04. The highest BCUT2D eigenvalue weighted by Crippen LogP contribution is 2.07. The molecule has 0 unspecified atom stereocenters. The van der Waals surface area contributed by atoms with Crippen LogP contribution in [0.1, 0.15) is 47.5 Å². The molecule has 1 N–H and O–H groups in total. The Kier molecular flexibility index (Phi) is 16.8. The number of aliphatic hydroxyl groups is 1. The van der Waals surface area contributed by atoms with E-state index < -0.39 is 5.97 Å². The van der Waals surface area contributed by atoms with Crippen LogP contribution >= 0.6 is 0 Å². The van der Waals surface area contributed by atoms with Crippen LogP contribution in [0, 0.1) is 0 Å². The molecule has 0 aliphatic carbocycles. The predicted octanol–water partition coefficient (Wildman–Crippen LogP) is 4.91. The second-order valence-electron chi connectivity index (χ2n) is 5.32. The average molecular weight is 320 g/mol. The van der Waals surface area contributed by atoms with E-state index in [9.17, 15) is 4.79 Å². The molecule has 0 heterocycles. The molecule has 130 valence electrons. The summed E-state index contributed by atoms with van der Waals surface area (Å²) in [6.07, 6.45) is 14.2.